The van der Waals surface area contributed by atoms with Gasteiger partial charge in [0.2, 0.25) is 0 Å². The minimum Gasteiger partial charge on any atom is -0.494 e. The summed E-state index contributed by atoms with van der Waals surface area (Å²) in [5.74, 6) is 0.374. The Labute approximate surface area is 107 Å². The lowest BCUT2D eigenvalue weighted by atomic mass is 9.97. The van der Waals surface area contributed by atoms with E-state index in [1.165, 1.54) is 25.0 Å². The van der Waals surface area contributed by atoms with Crippen molar-refractivity contribution in [1.82, 2.24) is 0 Å². The lowest BCUT2D eigenvalue weighted by Gasteiger charge is -2.40. The molecule has 4 heteroatoms. The fourth-order valence-corrected chi connectivity index (χ4v) is 3.48. The van der Waals surface area contributed by atoms with Crippen molar-refractivity contribution >= 4 is 5.69 Å². The highest BCUT2D eigenvalue weighted by atomic mass is 19.1. The number of ether oxygens (including phenoxy) is 1. The largest absolute Gasteiger partial charge is 0.494 e. The van der Waals surface area contributed by atoms with Gasteiger partial charge in [0.25, 0.3) is 0 Å². The van der Waals surface area contributed by atoms with Gasteiger partial charge in [-0.15, -0.1) is 0 Å². The van der Waals surface area contributed by atoms with E-state index in [-0.39, 0.29) is 5.82 Å². The van der Waals surface area contributed by atoms with Crippen molar-refractivity contribution in [2.45, 2.75) is 43.8 Å². The van der Waals surface area contributed by atoms with E-state index in [1.54, 1.807) is 7.11 Å². The van der Waals surface area contributed by atoms with Crippen LogP contribution in [0.25, 0.3) is 0 Å². The van der Waals surface area contributed by atoms with Crippen molar-refractivity contribution in [2.24, 2.45) is 5.73 Å². The van der Waals surface area contributed by atoms with Crippen molar-refractivity contribution < 1.29 is 9.13 Å². The summed E-state index contributed by atoms with van der Waals surface area (Å²) in [6, 6.07) is 6.08. The van der Waals surface area contributed by atoms with Gasteiger partial charge in [-0.05, 0) is 37.8 Å². The van der Waals surface area contributed by atoms with Crippen LogP contribution in [0.3, 0.4) is 0 Å². The van der Waals surface area contributed by atoms with Crippen LogP contribution in [0.2, 0.25) is 0 Å². The molecule has 0 aromatic heterocycles. The Kier molecular flexibility index (Phi) is 2.90. The van der Waals surface area contributed by atoms with Crippen LogP contribution in [0.15, 0.2) is 18.2 Å². The number of rotatable bonds is 2. The molecule has 0 aliphatic carbocycles. The van der Waals surface area contributed by atoms with Crippen LogP contribution >= 0.6 is 0 Å². The number of halogens is 1. The van der Waals surface area contributed by atoms with Gasteiger partial charge in [-0.25, -0.2) is 4.39 Å². The maximum atomic E-state index is 13.3. The topological polar surface area (TPSA) is 38.5 Å². The first-order valence-electron chi connectivity index (χ1n) is 6.56. The Morgan fingerprint density at radius 1 is 1.28 bits per heavy atom. The molecule has 0 saturated carbocycles. The number of methoxy groups -OCH3 is 1. The molecule has 2 saturated heterocycles. The van der Waals surface area contributed by atoms with Crippen LogP contribution in [-0.4, -0.2) is 25.2 Å². The normalized spacial score (nSPS) is 30.6. The summed E-state index contributed by atoms with van der Waals surface area (Å²) >= 11 is 0. The number of fused-ring (bicyclic) bond motifs is 2. The Bertz CT molecular complexity index is 437. The van der Waals surface area contributed by atoms with E-state index in [0.717, 1.165) is 18.5 Å². The number of nitrogens with zero attached hydrogens (tertiary/aromatic N) is 1. The second-order valence-corrected chi connectivity index (χ2v) is 5.34. The van der Waals surface area contributed by atoms with Crippen LogP contribution in [0.1, 0.15) is 25.7 Å². The molecule has 18 heavy (non-hydrogen) atoms. The third kappa shape index (κ3) is 1.85. The fourth-order valence-electron chi connectivity index (χ4n) is 3.48. The standard InChI is InChI=1S/C14H19FN2O/c1-18-14-6-9(15)2-5-13(14)17-11-3-4-12(17)8-10(16)7-11/h2,5-6,10-12H,3-4,7-8,16H2,1H3. The van der Waals surface area contributed by atoms with Gasteiger partial charge in [0.1, 0.15) is 11.6 Å². The number of nitrogens with two attached hydrogens (primary N) is 1. The summed E-state index contributed by atoms with van der Waals surface area (Å²) in [6.45, 7) is 0. The highest BCUT2D eigenvalue weighted by Gasteiger charge is 2.40. The summed E-state index contributed by atoms with van der Waals surface area (Å²) in [7, 11) is 1.59. The second kappa shape index (κ2) is 4.43. The van der Waals surface area contributed by atoms with Gasteiger partial charge in [-0.1, -0.05) is 0 Å². The molecular formula is C14H19FN2O. The van der Waals surface area contributed by atoms with Gasteiger partial charge in [0.15, 0.2) is 0 Å². The van der Waals surface area contributed by atoms with Crippen molar-refractivity contribution in [3.05, 3.63) is 24.0 Å². The first-order chi connectivity index (χ1) is 8.69. The van der Waals surface area contributed by atoms with E-state index in [4.69, 9.17) is 10.5 Å². The maximum absolute atomic E-state index is 13.3. The minimum absolute atomic E-state index is 0.253. The zero-order valence-electron chi connectivity index (χ0n) is 10.6. The van der Waals surface area contributed by atoms with Gasteiger partial charge in [0, 0.05) is 24.2 Å². The monoisotopic (exact) mass is 250 g/mol. The first-order valence-corrected chi connectivity index (χ1v) is 6.56. The average molecular weight is 250 g/mol. The average Bonchev–Trinajstić information content (AvgIpc) is 2.62. The molecule has 3 rings (SSSR count). The van der Waals surface area contributed by atoms with Crippen molar-refractivity contribution in [1.29, 1.82) is 0 Å². The van der Waals surface area contributed by atoms with Crippen LogP contribution in [0.5, 0.6) is 5.75 Å². The summed E-state index contributed by atoms with van der Waals surface area (Å²) in [5, 5.41) is 0. The molecule has 98 valence electrons. The van der Waals surface area contributed by atoms with Crippen LogP contribution < -0.4 is 15.4 Å². The molecule has 1 aromatic rings. The van der Waals surface area contributed by atoms with E-state index in [0.29, 0.717) is 23.9 Å². The molecule has 3 nitrogen and oxygen atoms in total. The molecule has 2 aliphatic heterocycles. The quantitative estimate of drug-likeness (QED) is 0.875. The number of hydrogen-bond donors (Lipinski definition) is 1. The van der Waals surface area contributed by atoms with Crippen LogP contribution in [0.4, 0.5) is 10.1 Å². The molecule has 2 heterocycles. The predicted octanol–water partition coefficient (Wildman–Crippen LogP) is 2.29. The van der Waals surface area contributed by atoms with Gasteiger partial charge < -0.3 is 15.4 Å². The van der Waals surface area contributed by atoms with E-state index in [2.05, 4.69) is 4.90 Å². The summed E-state index contributed by atoms with van der Waals surface area (Å²) in [5.41, 5.74) is 7.08. The van der Waals surface area contributed by atoms with Gasteiger partial charge in [0.05, 0.1) is 12.8 Å². The number of benzene rings is 1. The van der Waals surface area contributed by atoms with E-state index >= 15 is 0 Å². The van der Waals surface area contributed by atoms with Crippen molar-refractivity contribution in [3.8, 4) is 5.75 Å². The number of anilines is 1. The van der Waals surface area contributed by atoms with Crippen LogP contribution in [-0.2, 0) is 0 Å². The Morgan fingerprint density at radius 2 is 1.94 bits per heavy atom. The highest BCUT2D eigenvalue weighted by molar-refractivity contribution is 5.61. The Hall–Kier alpha value is -1.29. The maximum Gasteiger partial charge on any atom is 0.145 e. The van der Waals surface area contributed by atoms with Crippen molar-refractivity contribution in [3.63, 3.8) is 0 Å². The third-order valence-corrected chi connectivity index (χ3v) is 4.19. The van der Waals surface area contributed by atoms with Gasteiger partial charge >= 0.3 is 0 Å². The zero-order chi connectivity index (χ0) is 12.7. The zero-order valence-corrected chi connectivity index (χ0v) is 10.6. The van der Waals surface area contributed by atoms with E-state index in [1.807, 2.05) is 6.07 Å². The SMILES string of the molecule is COc1cc(F)ccc1N1C2CCC1CC(N)C2. The number of hydrogen-bond acceptors (Lipinski definition) is 3. The smallest absolute Gasteiger partial charge is 0.145 e. The first kappa shape index (κ1) is 11.8. The Morgan fingerprint density at radius 3 is 2.56 bits per heavy atom. The molecule has 2 N–H and O–H groups in total. The molecule has 2 aliphatic rings. The predicted molar refractivity (Wildman–Crippen MR) is 69.5 cm³/mol. The molecule has 0 radical (unpaired) electrons. The van der Waals surface area contributed by atoms with Crippen molar-refractivity contribution in [2.75, 3.05) is 12.0 Å². The highest BCUT2D eigenvalue weighted by Crippen LogP contribution is 2.42. The van der Waals surface area contributed by atoms with E-state index in [9.17, 15) is 4.39 Å². The molecule has 2 atom stereocenters. The molecule has 0 spiro atoms. The summed E-state index contributed by atoms with van der Waals surface area (Å²) < 4.78 is 18.6. The molecule has 2 bridgehead atoms. The summed E-state index contributed by atoms with van der Waals surface area (Å²) in [4.78, 5) is 2.39. The summed E-state index contributed by atoms with van der Waals surface area (Å²) in [6.07, 6.45) is 4.41. The molecule has 0 amide bonds. The Balaban J connectivity index is 1.96. The molecule has 1 aromatic carbocycles. The van der Waals surface area contributed by atoms with Gasteiger partial charge in [-0.2, -0.15) is 0 Å². The number of piperidine rings is 1. The van der Waals surface area contributed by atoms with Crippen LogP contribution in [0, 0.1) is 5.82 Å². The third-order valence-electron chi connectivity index (χ3n) is 4.19. The molecule has 2 fully saturated rings. The molecule has 2 unspecified atom stereocenters. The fraction of sp³-hybridized carbons (Fsp3) is 0.571. The lowest BCUT2D eigenvalue weighted by molar-refractivity contribution is 0.389. The minimum atomic E-state index is -0.253. The molecular weight excluding hydrogens is 231 g/mol. The van der Waals surface area contributed by atoms with Gasteiger partial charge in [-0.3, -0.25) is 0 Å². The second-order valence-electron chi connectivity index (χ2n) is 5.34. The van der Waals surface area contributed by atoms with E-state index < -0.39 is 0 Å². The lowest BCUT2D eigenvalue weighted by Crippen LogP contribution is -2.47.